The van der Waals surface area contributed by atoms with Crippen molar-refractivity contribution in [2.45, 2.75) is 20.0 Å². The summed E-state index contributed by atoms with van der Waals surface area (Å²) in [6.07, 6.45) is 0.971. The minimum absolute atomic E-state index is 0.128. The Morgan fingerprint density at radius 1 is 0.828 bits per heavy atom. The van der Waals surface area contributed by atoms with Crippen molar-refractivity contribution in [3.8, 4) is 11.5 Å². The van der Waals surface area contributed by atoms with Gasteiger partial charge in [0.2, 0.25) is 5.91 Å². The van der Waals surface area contributed by atoms with Crippen LogP contribution >= 0.6 is 0 Å². The summed E-state index contributed by atoms with van der Waals surface area (Å²) in [6, 6.07) is 24.9. The van der Waals surface area contributed by atoms with E-state index in [1.54, 1.807) is 0 Å². The van der Waals surface area contributed by atoms with Crippen molar-refractivity contribution in [2.75, 3.05) is 23.8 Å². The topological polar surface area (TPSA) is 59.6 Å². The van der Waals surface area contributed by atoms with Gasteiger partial charge < -0.3 is 20.1 Å². The maximum absolute atomic E-state index is 12.2. The second-order valence-corrected chi connectivity index (χ2v) is 6.58. The van der Waals surface area contributed by atoms with Crippen molar-refractivity contribution in [3.05, 3.63) is 84.4 Å². The lowest BCUT2D eigenvalue weighted by Crippen LogP contribution is -2.21. The number of carbonyl (C=O) groups is 1. The number of benzene rings is 3. The molecular formula is C24H26N2O3. The normalized spacial score (nSPS) is 10.2. The van der Waals surface area contributed by atoms with E-state index in [0.717, 1.165) is 23.4 Å². The predicted molar refractivity (Wildman–Crippen MR) is 117 cm³/mol. The monoisotopic (exact) mass is 390 g/mol. The number of rotatable bonds is 10. The highest BCUT2D eigenvalue weighted by atomic mass is 16.5. The Balaban J connectivity index is 1.46. The van der Waals surface area contributed by atoms with Crippen molar-refractivity contribution < 1.29 is 14.3 Å². The molecule has 1 amide bonds. The van der Waals surface area contributed by atoms with Crippen LogP contribution < -0.4 is 20.1 Å². The van der Waals surface area contributed by atoms with Crippen LogP contribution in [0.15, 0.2) is 78.9 Å². The maximum atomic E-state index is 12.2. The summed E-state index contributed by atoms with van der Waals surface area (Å²) in [4.78, 5) is 12.2. The van der Waals surface area contributed by atoms with Crippen molar-refractivity contribution in [2.24, 2.45) is 0 Å². The maximum Gasteiger partial charge on any atom is 0.243 e. The first-order chi connectivity index (χ1) is 14.2. The van der Waals surface area contributed by atoms with Gasteiger partial charge in [-0.15, -0.1) is 0 Å². The average molecular weight is 390 g/mol. The molecule has 0 aliphatic carbocycles. The number of anilines is 2. The summed E-state index contributed by atoms with van der Waals surface area (Å²) in [5, 5.41) is 5.99. The van der Waals surface area contributed by atoms with Gasteiger partial charge in [-0.25, -0.2) is 0 Å². The third kappa shape index (κ3) is 6.88. The Kier molecular flexibility index (Phi) is 7.52. The largest absolute Gasteiger partial charge is 0.494 e. The third-order valence-corrected chi connectivity index (χ3v) is 4.15. The quantitative estimate of drug-likeness (QED) is 0.505. The van der Waals surface area contributed by atoms with Crippen LogP contribution in [0.25, 0.3) is 0 Å². The molecule has 0 atom stereocenters. The first kappa shape index (κ1) is 20.3. The minimum atomic E-state index is -0.128. The van der Waals surface area contributed by atoms with Crippen LogP contribution in [0.5, 0.6) is 11.5 Å². The van der Waals surface area contributed by atoms with Crippen LogP contribution in [0.2, 0.25) is 0 Å². The number of hydrogen-bond donors (Lipinski definition) is 2. The van der Waals surface area contributed by atoms with Crippen LogP contribution in [0.1, 0.15) is 18.9 Å². The molecule has 0 aliphatic rings. The Morgan fingerprint density at radius 2 is 1.62 bits per heavy atom. The van der Waals surface area contributed by atoms with Gasteiger partial charge in [0.15, 0.2) is 0 Å². The lowest BCUT2D eigenvalue weighted by Gasteiger charge is -2.11. The van der Waals surface area contributed by atoms with Crippen molar-refractivity contribution in [3.63, 3.8) is 0 Å². The minimum Gasteiger partial charge on any atom is -0.494 e. The molecule has 3 aromatic carbocycles. The number of hydrogen-bond acceptors (Lipinski definition) is 4. The number of carbonyl (C=O) groups excluding carboxylic acids is 1. The number of nitrogens with one attached hydrogen (secondary N) is 2. The molecule has 0 radical (unpaired) electrons. The fraction of sp³-hybridized carbons (Fsp3) is 0.208. The summed E-state index contributed by atoms with van der Waals surface area (Å²) in [6.45, 7) is 3.42. The van der Waals surface area contributed by atoms with Gasteiger partial charge in [0.05, 0.1) is 13.2 Å². The Morgan fingerprint density at radius 3 is 2.38 bits per heavy atom. The Bertz CT molecular complexity index is 896. The summed E-state index contributed by atoms with van der Waals surface area (Å²) in [5.74, 6) is 1.41. The lowest BCUT2D eigenvalue weighted by molar-refractivity contribution is -0.114. The van der Waals surface area contributed by atoms with Gasteiger partial charge in [-0.1, -0.05) is 43.3 Å². The predicted octanol–water partition coefficient (Wildman–Crippen LogP) is 5.11. The third-order valence-electron chi connectivity index (χ3n) is 4.15. The molecular weight excluding hydrogens is 364 g/mol. The van der Waals surface area contributed by atoms with E-state index < -0.39 is 0 Å². The van der Waals surface area contributed by atoms with Crippen LogP contribution in [-0.2, 0) is 11.4 Å². The van der Waals surface area contributed by atoms with Gasteiger partial charge in [0.1, 0.15) is 18.1 Å². The van der Waals surface area contributed by atoms with Gasteiger partial charge in [0, 0.05) is 17.4 Å². The van der Waals surface area contributed by atoms with Crippen molar-refractivity contribution >= 4 is 17.3 Å². The second kappa shape index (κ2) is 10.8. The van der Waals surface area contributed by atoms with Crippen molar-refractivity contribution in [1.82, 2.24) is 0 Å². The number of ether oxygens (including phenoxy) is 2. The fourth-order valence-corrected chi connectivity index (χ4v) is 2.68. The SMILES string of the molecule is CCCOc1ccc(NCC(=O)Nc2cccc(OCc3ccccc3)c2)cc1. The van der Waals surface area contributed by atoms with E-state index in [2.05, 4.69) is 17.6 Å². The summed E-state index contributed by atoms with van der Waals surface area (Å²) in [5.41, 5.74) is 2.66. The van der Waals surface area contributed by atoms with E-state index in [-0.39, 0.29) is 12.5 Å². The van der Waals surface area contributed by atoms with Gasteiger partial charge in [-0.3, -0.25) is 4.79 Å². The standard InChI is InChI=1S/C24H26N2O3/c1-2-15-28-22-13-11-20(12-14-22)25-17-24(27)26-21-9-6-10-23(16-21)29-18-19-7-4-3-5-8-19/h3-14,16,25H,2,15,17-18H2,1H3,(H,26,27). The molecule has 0 aromatic heterocycles. The first-order valence-electron chi connectivity index (χ1n) is 9.76. The van der Waals surface area contributed by atoms with Gasteiger partial charge >= 0.3 is 0 Å². The number of amides is 1. The zero-order valence-electron chi connectivity index (χ0n) is 16.6. The Hall–Kier alpha value is -3.47. The molecule has 0 heterocycles. The highest BCUT2D eigenvalue weighted by Crippen LogP contribution is 2.19. The molecule has 0 unspecified atom stereocenters. The van der Waals surface area contributed by atoms with Crippen LogP contribution in [-0.4, -0.2) is 19.1 Å². The van der Waals surface area contributed by atoms with E-state index in [0.29, 0.717) is 24.7 Å². The molecule has 29 heavy (non-hydrogen) atoms. The van der Waals surface area contributed by atoms with Crippen molar-refractivity contribution in [1.29, 1.82) is 0 Å². The highest BCUT2D eigenvalue weighted by Gasteiger charge is 2.04. The van der Waals surface area contributed by atoms with Gasteiger partial charge in [0.25, 0.3) is 0 Å². The molecule has 2 N–H and O–H groups in total. The summed E-state index contributed by atoms with van der Waals surface area (Å²) >= 11 is 0. The van der Waals surface area contributed by atoms with Crippen LogP contribution in [0, 0.1) is 0 Å². The Labute approximate surface area is 171 Å². The highest BCUT2D eigenvalue weighted by molar-refractivity contribution is 5.93. The van der Waals surface area contributed by atoms with E-state index >= 15 is 0 Å². The molecule has 0 bridgehead atoms. The molecule has 0 saturated carbocycles. The molecule has 0 spiro atoms. The first-order valence-corrected chi connectivity index (χ1v) is 9.76. The molecule has 5 heteroatoms. The molecule has 3 rings (SSSR count). The summed E-state index contributed by atoms with van der Waals surface area (Å²) < 4.78 is 11.4. The smallest absolute Gasteiger partial charge is 0.243 e. The van der Waals surface area contributed by atoms with Gasteiger partial charge in [-0.05, 0) is 48.4 Å². The zero-order valence-corrected chi connectivity index (χ0v) is 16.6. The van der Waals surface area contributed by atoms with Gasteiger partial charge in [-0.2, -0.15) is 0 Å². The lowest BCUT2D eigenvalue weighted by atomic mass is 10.2. The van der Waals surface area contributed by atoms with Crippen LogP contribution in [0.4, 0.5) is 11.4 Å². The fourth-order valence-electron chi connectivity index (χ4n) is 2.68. The molecule has 0 aliphatic heterocycles. The van der Waals surface area contributed by atoms with E-state index in [9.17, 15) is 4.79 Å². The molecule has 150 valence electrons. The van der Waals surface area contributed by atoms with E-state index in [1.807, 2.05) is 78.9 Å². The van der Waals surface area contributed by atoms with E-state index in [4.69, 9.17) is 9.47 Å². The molecule has 0 fully saturated rings. The molecule has 5 nitrogen and oxygen atoms in total. The van der Waals surface area contributed by atoms with E-state index in [1.165, 1.54) is 0 Å². The van der Waals surface area contributed by atoms with Crippen LogP contribution in [0.3, 0.4) is 0 Å². The molecule has 0 saturated heterocycles. The molecule has 3 aromatic rings. The summed E-state index contributed by atoms with van der Waals surface area (Å²) in [7, 11) is 0. The average Bonchev–Trinajstić information content (AvgIpc) is 2.76. The zero-order chi connectivity index (χ0) is 20.3. The second-order valence-electron chi connectivity index (χ2n) is 6.58.